The average Bonchev–Trinajstić information content (AvgIpc) is 2.31. The van der Waals surface area contributed by atoms with Crippen LogP contribution in [0.25, 0.3) is 0 Å². The Kier molecular flexibility index (Phi) is 6.15. The number of rotatable bonds is 7. The average molecular weight is 283 g/mol. The second-order valence-corrected chi connectivity index (χ2v) is 5.62. The van der Waals surface area contributed by atoms with E-state index in [2.05, 4.69) is 6.26 Å². The molecule has 0 amide bonds. The van der Waals surface area contributed by atoms with Crippen molar-refractivity contribution < 1.29 is 9.90 Å². The molecule has 1 rings (SSSR count). The molecule has 106 valence electrons. The van der Waals surface area contributed by atoms with Crippen LogP contribution in [0.2, 0.25) is 0 Å². The van der Waals surface area contributed by atoms with Crippen LogP contribution in [0.1, 0.15) is 40.9 Å². The number of carboxylic acids is 1. The summed E-state index contributed by atoms with van der Waals surface area (Å²) in [5, 5.41) is 9.19. The molecule has 0 fully saturated rings. The van der Waals surface area contributed by atoms with Gasteiger partial charge in [0.25, 0.3) is 5.56 Å². The molecule has 5 heteroatoms. The number of carbonyl (C=O) groups is 1. The zero-order valence-electron chi connectivity index (χ0n) is 11.7. The lowest BCUT2D eigenvalue weighted by Gasteiger charge is -2.13. The molecule has 0 aromatic carbocycles. The molecular formula is C14H21NO3S. The number of hydrogen-bond acceptors (Lipinski definition) is 3. The number of aromatic nitrogens is 1. The number of hydrogen-bond donors (Lipinski definition) is 1. The van der Waals surface area contributed by atoms with Crippen molar-refractivity contribution >= 4 is 17.7 Å². The molecule has 0 atom stereocenters. The smallest absolute Gasteiger partial charge is 0.337 e. The topological polar surface area (TPSA) is 59.3 Å². The Morgan fingerprint density at radius 2 is 2.00 bits per heavy atom. The van der Waals surface area contributed by atoms with Gasteiger partial charge in [-0.1, -0.05) is 6.42 Å². The molecule has 0 aliphatic rings. The minimum Gasteiger partial charge on any atom is -0.478 e. The lowest BCUT2D eigenvalue weighted by molar-refractivity contribution is 0.0694. The summed E-state index contributed by atoms with van der Waals surface area (Å²) in [4.78, 5) is 23.1. The van der Waals surface area contributed by atoms with E-state index in [1.54, 1.807) is 18.4 Å². The van der Waals surface area contributed by atoms with Gasteiger partial charge in [-0.3, -0.25) is 4.79 Å². The first-order valence-corrected chi connectivity index (χ1v) is 7.81. The maximum Gasteiger partial charge on any atom is 0.337 e. The SMILES string of the molecule is CSCCCCCn1c(C)c(C(=O)O)c(C)cc1=O. The number of aromatic carboxylic acids is 1. The fraction of sp³-hybridized carbons (Fsp3) is 0.571. The van der Waals surface area contributed by atoms with Crippen molar-refractivity contribution in [2.45, 2.75) is 39.7 Å². The van der Waals surface area contributed by atoms with Gasteiger partial charge >= 0.3 is 5.97 Å². The summed E-state index contributed by atoms with van der Waals surface area (Å²) in [7, 11) is 0. The van der Waals surface area contributed by atoms with Crippen LogP contribution in [0, 0.1) is 13.8 Å². The fourth-order valence-corrected chi connectivity index (χ4v) is 2.71. The largest absolute Gasteiger partial charge is 0.478 e. The molecule has 0 saturated heterocycles. The van der Waals surface area contributed by atoms with Gasteiger partial charge in [-0.05, 0) is 44.3 Å². The highest BCUT2D eigenvalue weighted by molar-refractivity contribution is 7.98. The number of pyridine rings is 1. The summed E-state index contributed by atoms with van der Waals surface area (Å²) in [5.74, 6) is 0.161. The van der Waals surface area contributed by atoms with E-state index in [-0.39, 0.29) is 11.1 Å². The summed E-state index contributed by atoms with van der Waals surface area (Å²) in [6, 6.07) is 1.42. The van der Waals surface area contributed by atoms with Crippen molar-refractivity contribution in [3.8, 4) is 0 Å². The minimum absolute atomic E-state index is 0.107. The van der Waals surface area contributed by atoms with Crippen LogP contribution in [-0.4, -0.2) is 27.7 Å². The predicted octanol–water partition coefficient (Wildman–Crippen LogP) is 2.70. The molecule has 0 radical (unpaired) electrons. The number of thioether (sulfide) groups is 1. The normalized spacial score (nSPS) is 10.7. The Morgan fingerprint density at radius 1 is 1.32 bits per heavy atom. The van der Waals surface area contributed by atoms with E-state index in [1.807, 2.05) is 11.8 Å². The molecule has 1 aromatic heterocycles. The van der Waals surface area contributed by atoms with Crippen molar-refractivity contribution in [1.82, 2.24) is 4.57 Å². The Hall–Kier alpha value is -1.23. The van der Waals surface area contributed by atoms with Crippen LogP contribution in [0.5, 0.6) is 0 Å². The highest BCUT2D eigenvalue weighted by atomic mass is 32.2. The fourth-order valence-electron chi connectivity index (χ4n) is 2.22. The van der Waals surface area contributed by atoms with Gasteiger partial charge in [-0.2, -0.15) is 11.8 Å². The third-order valence-electron chi connectivity index (χ3n) is 3.21. The maximum atomic E-state index is 11.9. The van der Waals surface area contributed by atoms with Gasteiger partial charge in [0.1, 0.15) is 0 Å². The summed E-state index contributed by atoms with van der Waals surface area (Å²) < 4.78 is 1.58. The van der Waals surface area contributed by atoms with E-state index in [0.29, 0.717) is 17.8 Å². The predicted molar refractivity (Wildman–Crippen MR) is 79.4 cm³/mol. The van der Waals surface area contributed by atoms with Gasteiger partial charge in [0.05, 0.1) is 5.56 Å². The van der Waals surface area contributed by atoms with Gasteiger partial charge < -0.3 is 9.67 Å². The van der Waals surface area contributed by atoms with E-state index >= 15 is 0 Å². The molecule has 1 heterocycles. The van der Waals surface area contributed by atoms with Crippen molar-refractivity contribution in [3.05, 3.63) is 33.2 Å². The molecule has 0 aliphatic heterocycles. The van der Waals surface area contributed by atoms with Crippen LogP contribution < -0.4 is 5.56 Å². The zero-order chi connectivity index (χ0) is 14.4. The molecule has 0 unspecified atom stereocenters. The summed E-state index contributed by atoms with van der Waals surface area (Å²) in [6.45, 7) is 3.97. The minimum atomic E-state index is -0.967. The van der Waals surface area contributed by atoms with Crippen LogP contribution in [0.15, 0.2) is 10.9 Å². The Balaban J connectivity index is 2.86. The maximum absolute atomic E-state index is 11.9. The summed E-state index contributed by atoms with van der Waals surface area (Å²) in [5.41, 5.74) is 1.24. The Morgan fingerprint density at radius 3 is 2.58 bits per heavy atom. The van der Waals surface area contributed by atoms with Crippen molar-refractivity contribution in [2.75, 3.05) is 12.0 Å². The monoisotopic (exact) mass is 283 g/mol. The first-order valence-electron chi connectivity index (χ1n) is 6.42. The third-order valence-corrected chi connectivity index (χ3v) is 3.91. The van der Waals surface area contributed by atoms with Gasteiger partial charge in [0.2, 0.25) is 0 Å². The number of carboxylic acid groups (broad SMARTS) is 1. The van der Waals surface area contributed by atoms with E-state index in [1.165, 1.54) is 6.07 Å². The molecule has 19 heavy (non-hydrogen) atoms. The number of nitrogens with zero attached hydrogens (tertiary/aromatic N) is 1. The molecular weight excluding hydrogens is 262 g/mol. The number of unbranched alkanes of at least 4 members (excludes halogenated alkanes) is 2. The Labute approximate surface area is 117 Å². The molecule has 1 N–H and O–H groups in total. The van der Waals surface area contributed by atoms with Gasteiger partial charge in [-0.25, -0.2) is 4.79 Å². The second-order valence-electron chi connectivity index (χ2n) is 4.64. The zero-order valence-corrected chi connectivity index (χ0v) is 12.5. The Bertz CT molecular complexity index is 508. The van der Waals surface area contributed by atoms with E-state index in [9.17, 15) is 14.7 Å². The summed E-state index contributed by atoms with van der Waals surface area (Å²) >= 11 is 1.82. The molecule has 0 spiro atoms. The van der Waals surface area contributed by atoms with Gasteiger partial charge in [-0.15, -0.1) is 0 Å². The lowest BCUT2D eigenvalue weighted by Crippen LogP contribution is -2.25. The lowest BCUT2D eigenvalue weighted by atomic mass is 10.1. The molecule has 0 saturated carbocycles. The van der Waals surface area contributed by atoms with Crippen LogP contribution in [-0.2, 0) is 6.54 Å². The highest BCUT2D eigenvalue weighted by Crippen LogP contribution is 2.12. The van der Waals surface area contributed by atoms with E-state index in [4.69, 9.17) is 0 Å². The van der Waals surface area contributed by atoms with Crippen LogP contribution in [0.3, 0.4) is 0 Å². The molecule has 1 aromatic rings. The molecule has 4 nitrogen and oxygen atoms in total. The van der Waals surface area contributed by atoms with Crippen molar-refractivity contribution in [1.29, 1.82) is 0 Å². The van der Waals surface area contributed by atoms with E-state index < -0.39 is 5.97 Å². The standard InChI is InChI=1S/C14H21NO3S/c1-10-9-12(16)15(7-5-4-6-8-19-3)11(2)13(10)14(17)18/h9H,4-8H2,1-3H3,(H,17,18). The number of aryl methyl sites for hydroxylation is 1. The third kappa shape index (κ3) is 4.13. The summed E-state index contributed by atoms with van der Waals surface area (Å²) in [6.07, 6.45) is 5.17. The molecule has 0 bridgehead atoms. The van der Waals surface area contributed by atoms with Crippen LogP contribution in [0.4, 0.5) is 0 Å². The quantitative estimate of drug-likeness (QED) is 0.782. The first kappa shape index (κ1) is 15.8. The van der Waals surface area contributed by atoms with Gasteiger partial charge in [0, 0.05) is 18.3 Å². The second kappa shape index (κ2) is 7.38. The highest BCUT2D eigenvalue weighted by Gasteiger charge is 2.15. The van der Waals surface area contributed by atoms with Crippen LogP contribution >= 0.6 is 11.8 Å². The van der Waals surface area contributed by atoms with Gasteiger partial charge in [0.15, 0.2) is 0 Å². The van der Waals surface area contributed by atoms with Crippen molar-refractivity contribution in [3.63, 3.8) is 0 Å². The van der Waals surface area contributed by atoms with E-state index in [0.717, 1.165) is 25.0 Å². The molecule has 0 aliphatic carbocycles. The first-order chi connectivity index (χ1) is 8.99. The van der Waals surface area contributed by atoms with Crippen molar-refractivity contribution in [2.24, 2.45) is 0 Å².